The van der Waals surface area contributed by atoms with Gasteiger partial charge in [0.1, 0.15) is 0 Å². The lowest BCUT2D eigenvalue weighted by molar-refractivity contribution is -0.137. The minimum atomic E-state index is -4.57. The van der Waals surface area contributed by atoms with E-state index < -0.39 is 17.3 Å². The average Bonchev–Trinajstić information content (AvgIpc) is 2.90. The van der Waals surface area contributed by atoms with Crippen molar-refractivity contribution in [2.45, 2.75) is 48.9 Å². The number of benzene rings is 3. The van der Waals surface area contributed by atoms with Crippen LogP contribution in [0.3, 0.4) is 0 Å². The summed E-state index contributed by atoms with van der Waals surface area (Å²) in [6, 6.07) is 19.7. The summed E-state index contributed by atoms with van der Waals surface area (Å²) in [7, 11) is 0. The van der Waals surface area contributed by atoms with E-state index in [9.17, 15) is 18.3 Å². The number of aliphatic hydroxyl groups is 1. The van der Waals surface area contributed by atoms with Crippen LogP contribution in [0.1, 0.15) is 47.9 Å². The van der Waals surface area contributed by atoms with Gasteiger partial charge in [-0.2, -0.15) is 13.2 Å². The molecule has 8 heteroatoms. The van der Waals surface area contributed by atoms with Crippen LogP contribution in [-0.4, -0.2) is 29.1 Å². The molecule has 1 atom stereocenters. The topological polar surface area (TPSA) is 23.5 Å². The quantitative estimate of drug-likeness (QED) is 0.312. The van der Waals surface area contributed by atoms with Gasteiger partial charge in [-0.25, -0.2) is 0 Å². The number of hydrogen-bond donors (Lipinski definition) is 1. The molecule has 2 nitrogen and oxygen atoms in total. The summed E-state index contributed by atoms with van der Waals surface area (Å²) < 4.78 is 40.1. The zero-order chi connectivity index (χ0) is 27.1. The second-order valence-corrected chi connectivity index (χ2v) is 11.5. The van der Waals surface area contributed by atoms with E-state index in [4.69, 9.17) is 34.8 Å². The maximum absolute atomic E-state index is 13.4. The number of piperidine rings is 1. The predicted molar refractivity (Wildman–Crippen MR) is 147 cm³/mol. The summed E-state index contributed by atoms with van der Waals surface area (Å²) in [6.45, 7) is 1.15. The average molecular weight is 581 g/mol. The molecule has 2 aliphatic rings. The Bertz CT molecular complexity index is 1270. The third-order valence-electron chi connectivity index (χ3n) is 8.06. The van der Waals surface area contributed by atoms with Gasteiger partial charge in [-0.15, -0.1) is 0 Å². The normalized spacial score (nSPS) is 21.4. The summed E-state index contributed by atoms with van der Waals surface area (Å²) in [5.74, 6) is 0. The van der Waals surface area contributed by atoms with Crippen molar-refractivity contribution in [3.63, 3.8) is 0 Å². The first-order valence-electron chi connectivity index (χ1n) is 12.6. The van der Waals surface area contributed by atoms with Crippen molar-refractivity contribution in [3.05, 3.63) is 116 Å². The van der Waals surface area contributed by atoms with E-state index in [-0.39, 0.29) is 22.0 Å². The maximum Gasteiger partial charge on any atom is 0.417 e. The SMILES string of the molecule is OC1(c2ccc(Cl)c(C(F)(F)F)c2)CCN(C2C=CC(c3ccc(Cl)cc3)(c3ccc(Cl)cc3)CC2)CC1. The summed E-state index contributed by atoms with van der Waals surface area (Å²) in [6.07, 6.45) is 2.34. The van der Waals surface area contributed by atoms with Crippen molar-refractivity contribution in [1.82, 2.24) is 4.90 Å². The van der Waals surface area contributed by atoms with Crippen molar-refractivity contribution in [1.29, 1.82) is 0 Å². The predicted octanol–water partition coefficient (Wildman–Crippen LogP) is 8.65. The van der Waals surface area contributed by atoms with Gasteiger partial charge < -0.3 is 5.11 Å². The highest BCUT2D eigenvalue weighted by atomic mass is 35.5. The molecule has 5 rings (SSSR count). The number of rotatable bonds is 4. The molecule has 1 fully saturated rings. The van der Waals surface area contributed by atoms with Gasteiger partial charge >= 0.3 is 6.18 Å². The molecule has 1 saturated heterocycles. The Morgan fingerprint density at radius 3 is 1.76 bits per heavy atom. The molecular weight excluding hydrogens is 554 g/mol. The van der Waals surface area contributed by atoms with E-state index in [0.29, 0.717) is 36.0 Å². The van der Waals surface area contributed by atoms with Crippen LogP contribution in [0.2, 0.25) is 15.1 Å². The van der Waals surface area contributed by atoms with Gasteiger partial charge in [0.25, 0.3) is 0 Å². The first-order chi connectivity index (χ1) is 18.0. The maximum atomic E-state index is 13.4. The lowest BCUT2D eigenvalue weighted by Crippen LogP contribution is -2.48. The molecular formula is C30H27Cl3F3NO. The number of allylic oxidation sites excluding steroid dienone is 1. The highest BCUT2D eigenvalue weighted by molar-refractivity contribution is 6.31. The monoisotopic (exact) mass is 579 g/mol. The van der Waals surface area contributed by atoms with Crippen LogP contribution in [0, 0.1) is 0 Å². The highest BCUT2D eigenvalue weighted by Gasteiger charge is 2.41. The molecule has 1 heterocycles. The Labute approximate surface area is 235 Å². The van der Waals surface area contributed by atoms with Crippen LogP contribution in [0.25, 0.3) is 0 Å². The van der Waals surface area contributed by atoms with Crippen LogP contribution in [-0.2, 0) is 17.2 Å². The fourth-order valence-electron chi connectivity index (χ4n) is 5.82. The van der Waals surface area contributed by atoms with E-state index in [2.05, 4.69) is 41.3 Å². The largest absolute Gasteiger partial charge is 0.417 e. The van der Waals surface area contributed by atoms with Crippen molar-refractivity contribution in [2.75, 3.05) is 13.1 Å². The van der Waals surface area contributed by atoms with Crippen molar-refractivity contribution in [3.8, 4) is 0 Å². The van der Waals surface area contributed by atoms with Gasteiger partial charge in [0, 0.05) is 34.6 Å². The fraction of sp³-hybridized carbons (Fsp3) is 0.333. The molecule has 1 unspecified atom stereocenters. The van der Waals surface area contributed by atoms with E-state index in [1.54, 1.807) is 0 Å². The van der Waals surface area contributed by atoms with Crippen molar-refractivity contribution in [2.24, 2.45) is 0 Å². The van der Waals surface area contributed by atoms with Crippen LogP contribution in [0.15, 0.2) is 78.9 Å². The van der Waals surface area contributed by atoms with E-state index in [0.717, 1.165) is 30.0 Å². The van der Waals surface area contributed by atoms with Gasteiger partial charge in [0.2, 0.25) is 0 Å². The van der Waals surface area contributed by atoms with Gasteiger partial charge in [0.15, 0.2) is 0 Å². The third kappa shape index (κ3) is 5.37. The number of hydrogen-bond acceptors (Lipinski definition) is 2. The fourth-order valence-corrected chi connectivity index (χ4v) is 6.30. The molecule has 0 radical (unpaired) electrons. The Morgan fingerprint density at radius 1 is 0.763 bits per heavy atom. The molecule has 38 heavy (non-hydrogen) atoms. The summed E-state index contributed by atoms with van der Waals surface area (Å²) in [5.41, 5.74) is 0.00124. The number of likely N-dealkylation sites (tertiary alicyclic amines) is 1. The lowest BCUT2D eigenvalue weighted by Gasteiger charge is -2.44. The zero-order valence-corrected chi connectivity index (χ0v) is 22.8. The minimum absolute atomic E-state index is 0.170. The minimum Gasteiger partial charge on any atom is -0.385 e. The smallest absolute Gasteiger partial charge is 0.385 e. The van der Waals surface area contributed by atoms with Gasteiger partial charge in [-0.05, 0) is 78.8 Å². The first-order valence-corrected chi connectivity index (χ1v) is 13.7. The van der Waals surface area contributed by atoms with Gasteiger partial charge in [-0.1, -0.05) is 77.3 Å². The summed E-state index contributed by atoms with van der Waals surface area (Å²) in [4.78, 5) is 2.30. The standard InChI is InChI=1S/C30H27Cl3F3NO/c31-23-6-1-20(2-7-23)28(21-3-8-24(32)9-4-21)13-11-25(12-14-28)37-17-15-29(38,16-18-37)22-5-10-27(33)26(19-22)30(34,35)36/h1-11,13,19,25,38H,12,14-18H2. The Kier molecular flexibility index (Phi) is 7.62. The van der Waals surface area contributed by atoms with Gasteiger partial charge in [-0.3, -0.25) is 4.90 Å². The molecule has 1 aliphatic carbocycles. The molecule has 0 bridgehead atoms. The first kappa shape index (κ1) is 27.5. The third-order valence-corrected chi connectivity index (χ3v) is 8.89. The molecule has 3 aromatic carbocycles. The van der Waals surface area contributed by atoms with Crippen LogP contribution in [0.4, 0.5) is 13.2 Å². The van der Waals surface area contributed by atoms with Crippen LogP contribution >= 0.6 is 34.8 Å². The summed E-state index contributed by atoms with van der Waals surface area (Å²) in [5, 5.41) is 12.3. The highest BCUT2D eigenvalue weighted by Crippen LogP contribution is 2.44. The van der Waals surface area contributed by atoms with E-state index in [1.165, 1.54) is 12.1 Å². The molecule has 0 aromatic heterocycles. The second kappa shape index (κ2) is 10.5. The number of halogens is 6. The van der Waals surface area contributed by atoms with E-state index >= 15 is 0 Å². The Morgan fingerprint density at radius 2 is 1.29 bits per heavy atom. The zero-order valence-electron chi connectivity index (χ0n) is 20.5. The number of nitrogens with zero attached hydrogens (tertiary/aromatic N) is 1. The summed E-state index contributed by atoms with van der Waals surface area (Å²) >= 11 is 18.1. The van der Waals surface area contributed by atoms with Crippen molar-refractivity contribution >= 4 is 34.8 Å². The number of alkyl halides is 3. The second-order valence-electron chi connectivity index (χ2n) is 10.2. The Hall–Kier alpha value is -2.02. The molecule has 0 saturated carbocycles. The Balaban J connectivity index is 1.35. The molecule has 0 amide bonds. The molecule has 0 spiro atoms. The molecule has 1 N–H and O–H groups in total. The lowest BCUT2D eigenvalue weighted by atomic mass is 9.68. The van der Waals surface area contributed by atoms with E-state index in [1.807, 2.05) is 24.3 Å². The van der Waals surface area contributed by atoms with Crippen LogP contribution < -0.4 is 0 Å². The van der Waals surface area contributed by atoms with Crippen molar-refractivity contribution < 1.29 is 18.3 Å². The van der Waals surface area contributed by atoms with Crippen LogP contribution in [0.5, 0.6) is 0 Å². The van der Waals surface area contributed by atoms with Gasteiger partial charge in [0.05, 0.1) is 16.2 Å². The molecule has 1 aliphatic heterocycles. The molecule has 200 valence electrons. The molecule has 3 aromatic rings.